The molecule has 2 saturated heterocycles. The third kappa shape index (κ3) is 4.19. The number of nitriles is 1. The lowest BCUT2D eigenvalue weighted by molar-refractivity contribution is -0.195. The van der Waals surface area contributed by atoms with Crippen LogP contribution in [0, 0.1) is 11.3 Å². The largest absolute Gasteiger partial charge is 0.382 e. The van der Waals surface area contributed by atoms with Crippen molar-refractivity contribution in [3.05, 3.63) is 54.1 Å². The van der Waals surface area contributed by atoms with Crippen molar-refractivity contribution >= 4 is 23.1 Å². The first-order valence-electron chi connectivity index (χ1n) is 10.8. The summed E-state index contributed by atoms with van der Waals surface area (Å²) in [5, 5.41) is 12.3. The number of hydrogen-bond donors (Lipinski definition) is 2. The van der Waals surface area contributed by atoms with E-state index in [9.17, 15) is 0 Å². The molecule has 1 aromatic carbocycles. The number of nitrogens with one attached hydrogen (secondary N) is 1. The molecule has 2 aromatic heterocycles. The van der Waals surface area contributed by atoms with E-state index in [1.165, 1.54) is 6.33 Å². The van der Waals surface area contributed by atoms with Crippen molar-refractivity contribution in [1.82, 2.24) is 24.8 Å². The molecule has 2 unspecified atom stereocenters. The molecule has 4 atom stereocenters. The van der Waals surface area contributed by atoms with Crippen LogP contribution in [0.25, 0.3) is 17.2 Å². The molecule has 0 amide bonds. The van der Waals surface area contributed by atoms with Gasteiger partial charge in [-0.1, -0.05) is 24.3 Å². The van der Waals surface area contributed by atoms with E-state index in [2.05, 4.69) is 26.3 Å². The molecule has 2 aliphatic rings. The summed E-state index contributed by atoms with van der Waals surface area (Å²) < 4.78 is 20.6. The van der Waals surface area contributed by atoms with E-state index in [-0.39, 0.29) is 18.3 Å². The Morgan fingerprint density at radius 1 is 1.18 bits per heavy atom. The Morgan fingerprint density at radius 3 is 2.76 bits per heavy atom. The van der Waals surface area contributed by atoms with Gasteiger partial charge in [0.1, 0.15) is 30.2 Å². The molecule has 2 fully saturated rings. The van der Waals surface area contributed by atoms with Crippen molar-refractivity contribution in [2.24, 2.45) is 0 Å². The molecule has 10 nitrogen and oxygen atoms in total. The van der Waals surface area contributed by atoms with Gasteiger partial charge in [-0.2, -0.15) is 5.26 Å². The second kappa shape index (κ2) is 8.53. The molecule has 170 valence electrons. The lowest BCUT2D eigenvalue weighted by Crippen LogP contribution is -2.37. The molecule has 0 aliphatic carbocycles. The summed E-state index contributed by atoms with van der Waals surface area (Å²) in [6.45, 7) is 5.04. The average molecular weight is 447 g/mol. The van der Waals surface area contributed by atoms with E-state index >= 15 is 0 Å². The zero-order valence-electron chi connectivity index (χ0n) is 18.4. The Morgan fingerprint density at radius 2 is 1.97 bits per heavy atom. The van der Waals surface area contributed by atoms with Crippen LogP contribution >= 0.6 is 0 Å². The summed E-state index contributed by atoms with van der Waals surface area (Å²) in [6, 6.07) is 9.56. The Labute approximate surface area is 191 Å². The molecule has 0 saturated carbocycles. The van der Waals surface area contributed by atoms with Crippen LogP contribution in [0.4, 0.5) is 5.82 Å². The second-order valence-corrected chi connectivity index (χ2v) is 8.51. The fourth-order valence-electron chi connectivity index (χ4n) is 4.28. The van der Waals surface area contributed by atoms with E-state index in [0.717, 1.165) is 5.56 Å². The van der Waals surface area contributed by atoms with Crippen LogP contribution in [0.3, 0.4) is 0 Å². The second-order valence-electron chi connectivity index (χ2n) is 8.51. The number of imidazole rings is 1. The van der Waals surface area contributed by atoms with Crippen LogP contribution in [-0.4, -0.2) is 56.7 Å². The summed E-state index contributed by atoms with van der Waals surface area (Å²) >= 11 is 0. The van der Waals surface area contributed by atoms with Crippen molar-refractivity contribution in [1.29, 1.82) is 5.26 Å². The van der Waals surface area contributed by atoms with Crippen LogP contribution in [0.15, 0.2) is 43.0 Å². The fraction of sp³-hybridized carbons (Fsp3) is 0.391. The topological polar surface area (TPSA) is 133 Å². The van der Waals surface area contributed by atoms with Crippen molar-refractivity contribution in [3.63, 3.8) is 0 Å². The van der Waals surface area contributed by atoms with Gasteiger partial charge in [-0.05, 0) is 31.5 Å². The minimum Gasteiger partial charge on any atom is -0.382 e. The quantitative estimate of drug-likeness (QED) is 0.544. The average Bonchev–Trinajstić information content (AvgIpc) is 3.46. The van der Waals surface area contributed by atoms with Crippen LogP contribution in [0.2, 0.25) is 0 Å². The number of rotatable bonds is 6. The molecule has 4 heterocycles. The first-order chi connectivity index (χ1) is 15.9. The zero-order chi connectivity index (χ0) is 23.0. The lowest BCUT2D eigenvalue weighted by atomic mass is 10.1. The Bertz CT molecular complexity index is 1220. The number of anilines is 1. The van der Waals surface area contributed by atoms with Crippen molar-refractivity contribution in [3.8, 4) is 6.07 Å². The number of aromatic nitrogens is 4. The lowest BCUT2D eigenvalue weighted by Gasteiger charge is -2.24. The molecule has 33 heavy (non-hydrogen) atoms. The number of ether oxygens (including phenoxy) is 3. The van der Waals surface area contributed by atoms with Crippen LogP contribution in [-0.2, 0) is 14.2 Å². The standard InChI is InChI=1S/C23H25N7O3/c1-23(2)32-18-16(11-26-9-3-4-14-5-7-15(10-24)8-6-14)31-22(19(18)33-23)30-13-29-17-20(25)27-12-28-21(17)30/h3-8,12-13,16,18-19,22,26H,9,11H2,1-2H3,(H2,25,27,28)/b4-3+/t16?,18-,19-,22?/m1/s1. The molecule has 10 heteroatoms. The zero-order valence-corrected chi connectivity index (χ0v) is 18.4. The Hall–Kier alpha value is -3.36. The third-order valence-electron chi connectivity index (χ3n) is 5.74. The number of nitrogens with two attached hydrogens (primary N) is 1. The highest BCUT2D eigenvalue weighted by Crippen LogP contribution is 2.43. The van der Waals surface area contributed by atoms with Gasteiger partial charge in [0.15, 0.2) is 23.5 Å². The maximum Gasteiger partial charge on any atom is 0.167 e. The highest BCUT2D eigenvalue weighted by molar-refractivity contribution is 5.81. The molecular weight excluding hydrogens is 422 g/mol. The number of benzene rings is 1. The normalized spacial score (nSPS) is 26.1. The fourth-order valence-corrected chi connectivity index (χ4v) is 4.28. The van der Waals surface area contributed by atoms with Gasteiger partial charge in [-0.15, -0.1) is 0 Å². The monoisotopic (exact) mass is 447 g/mol. The van der Waals surface area contributed by atoms with Gasteiger partial charge in [0, 0.05) is 13.1 Å². The van der Waals surface area contributed by atoms with Crippen LogP contribution in [0.5, 0.6) is 0 Å². The van der Waals surface area contributed by atoms with E-state index in [0.29, 0.717) is 35.6 Å². The number of fused-ring (bicyclic) bond motifs is 2. The molecule has 5 rings (SSSR count). The third-order valence-corrected chi connectivity index (χ3v) is 5.74. The van der Waals surface area contributed by atoms with Crippen molar-refractivity contribution in [2.75, 3.05) is 18.8 Å². The smallest absolute Gasteiger partial charge is 0.167 e. The first kappa shape index (κ1) is 21.5. The summed E-state index contributed by atoms with van der Waals surface area (Å²) in [5.41, 5.74) is 8.76. The van der Waals surface area contributed by atoms with Gasteiger partial charge in [0.05, 0.1) is 18.0 Å². The molecule has 2 aliphatic heterocycles. The van der Waals surface area contributed by atoms with Gasteiger partial charge in [-0.3, -0.25) is 4.57 Å². The summed E-state index contributed by atoms with van der Waals surface area (Å²) in [4.78, 5) is 12.7. The maximum absolute atomic E-state index is 8.89. The van der Waals surface area contributed by atoms with Gasteiger partial charge >= 0.3 is 0 Å². The van der Waals surface area contributed by atoms with E-state index in [1.807, 2.05) is 42.7 Å². The minimum absolute atomic E-state index is 0.221. The van der Waals surface area contributed by atoms with E-state index in [1.54, 1.807) is 18.5 Å². The van der Waals surface area contributed by atoms with Gasteiger partial charge in [0.2, 0.25) is 0 Å². The van der Waals surface area contributed by atoms with Crippen LogP contribution in [0.1, 0.15) is 31.2 Å². The summed E-state index contributed by atoms with van der Waals surface area (Å²) in [7, 11) is 0. The Kier molecular flexibility index (Phi) is 5.55. The molecule has 0 bridgehead atoms. The van der Waals surface area contributed by atoms with E-state index in [4.69, 9.17) is 25.2 Å². The number of nitrogen functional groups attached to an aromatic ring is 1. The van der Waals surface area contributed by atoms with Gasteiger partial charge in [-0.25, -0.2) is 15.0 Å². The van der Waals surface area contributed by atoms with Crippen LogP contribution < -0.4 is 11.1 Å². The minimum atomic E-state index is -0.713. The maximum atomic E-state index is 8.89. The summed E-state index contributed by atoms with van der Waals surface area (Å²) in [5.74, 6) is -0.389. The molecule has 3 aromatic rings. The predicted molar refractivity (Wildman–Crippen MR) is 121 cm³/mol. The summed E-state index contributed by atoms with van der Waals surface area (Å²) in [6.07, 6.45) is 5.89. The van der Waals surface area contributed by atoms with Crippen molar-refractivity contribution in [2.45, 2.75) is 44.2 Å². The number of nitrogens with zero attached hydrogens (tertiary/aromatic N) is 5. The van der Waals surface area contributed by atoms with E-state index < -0.39 is 12.0 Å². The Balaban J connectivity index is 1.26. The highest BCUT2D eigenvalue weighted by Gasteiger charge is 2.55. The van der Waals surface area contributed by atoms with Gasteiger partial charge < -0.3 is 25.3 Å². The molecular formula is C23H25N7O3. The first-order valence-corrected chi connectivity index (χ1v) is 10.8. The number of hydrogen-bond acceptors (Lipinski definition) is 9. The predicted octanol–water partition coefficient (Wildman–Crippen LogP) is 2.00. The van der Waals surface area contributed by atoms with Crippen molar-refractivity contribution < 1.29 is 14.2 Å². The SMILES string of the molecule is CC1(C)O[C@@H]2C(CNC/C=C/c3ccc(C#N)cc3)OC(n3cnc4c(N)ncnc43)[C@@H]2O1. The van der Waals surface area contributed by atoms with Gasteiger partial charge in [0.25, 0.3) is 0 Å². The molecule has 0 spiro atoms. The molecule has 0 radical (unpaired) electrons. The molecule has 3 N–H and O–H groups in total. The highest BCUT2D eigenvalue weighted by atomic mass is 16.8.